The van der Waals surface area contributed by atoms with E-state index in [0.717, 1.165) is 5.75 Å². The van der Waals surface area contributed by atoms with Gasteiger partial charge < -0.3 is 29.2 Å². The number of carbonyl (C=O) groups excluding carboxylic acids is 4. The van der Waals surface area contributed by atoms with Gasteiger partial charge in [0.25, 0.3) is 5.91 Å². The number of ether oxygens (including phenoxy) is 4. The zero-order valence-electron chi connectivity index (χ0n) is 20.8. The molecule has 0 radical (unpaired) electrons. The zero-order valence-corrected chi connectivity index (χ0v) is 20.8. The summed E-state index contributed by atoms with van der Waals surface area (Å²) in [6.07, 6.45) is -0.0143. The van der Waals surface area contributed by atoms with Crippen LogP contribution in [0.4, 0.5) is 11.4 Å². The van der Waals surface area contributed by atoms with Crippen molar-refractivity contribution in [3.63, 3.8) is 0 Å². The van der Waals surface area contributed by atoms with Crippen LogP contribution in [-0.4, -0.2) is 51.1 Å². The molecule has 1 aliphatic rings. The summed E-state index contributed by atoms with van der Waals surface area (Å²) in [5.74, 6) is -0.617. The van der Waals surface area contributed by atoms with E-state index in [1.807, 2.05) is 0 Å². The van der Waals surface area contributed by atoms with Crippen LogP contribution in [0.5, 0.6) is 17.2 Å². The number of nitrogens with zero attached hydrogens (tertiary/aromatic N) is 1. The minimum absolute atomic E-state index is 0.0143. The third-order valence-electron chi connectivity index (χ3n) is 5.84. The van der Waals surface area contributed by atoms with Crippen molar-refractivity contribution in [2.45, 2.75) is 6.42 Å². The van der Waals surface area contributed by atoms with E-state index < -0.39 is 30.4 Å². The molecule has 10 heteroatoms. The molecule has 3 aromatic carbocycles. The number of anilines is 2. The van der Waals surface area contributed by atoms with Gasteiger partial charge in [0.2, 0.25) is 5.91 Å². The smallest absolute Gasteiger partial charge is 0.337 e. The lowest BCUT2D eigenvalue weighted by Crippen LogP contribution is -2.28. The fourth-order valence-electron chi connectivity index (χ4n) is 3.85. The lowest BCUT2D eigenvalue weighted by molar-refractivity contribution is -0.151. The molecule has 1 heterocycles. The summed E-state index contributed by atoms with van der Waals surface area (Å²) in [6, 6.07) is 20.2. The number of esters is 2. The second kappa shape index (κ2) is 11.9. The van der Waals surface area contributed by atoms with Gasteiger partial charge in [0.1, 0.15) is 17.2 Å². The second-order valence-corrected chi connectivity index (χ2v) is 8.40. The van der Waals surface area contributed by atoms with Crippen LogP contribution in [0.2, 0.25) is 0 Å². The molecule has 1 N–H and O–H groups in total. The van der Waals surface area contributed by atoms with Crippen molar-refractivity contribution in [3.05, 3.63) is 78.4 Å². The Morgan fingerprint density at radius 2 is 1.47 bits per heavy atom. The first kappa shape index (κ1) is 26.2. The number of rotatable bonds is 9. The molecule has 4 rings (SSSR count). The second-order valence-electron chi connectivity index (χ2n) is 8.40. The Hall–Kier alpha value is -4.86. The number of benzene rings is 3. The average molecular weight is 519 g/mol. The molecule has 0 spiro atoms. The molecule has 2 amide bonds. The van der Waals surface area contributed by atoms with Gasteiger partial charge in [-0.05, 0) is 72.8 Å². The van der Waals surface area contributed by atoms with E-state index in [2.05, 4.69) is 10.1 Å². The molecular weight excluding hydrogens is 492 g/mol. The van der Waals surface area contributed by atoms with Crippen molar-refractivity contribution in [2.24, 2.45) is 5.92 Å². The van der Waals surface area contributed by atoms with Gasteiger partial charge in [-0.2, -0.15) is 0 Å². The number of nitrogens with one attached hydrogen (secondary N) is 1. The molecule has 1 atom stereocenters. The maximum absolute atomic E-state index is 12.6. The van der Waals surface area contributed by atoms with Crippen molar-refractivity contribution in [2.75, 3.05) is 37.6 Å². The summed E-state index contributed by atoms with van der Waals surface area (Å²) in [6.45, 7) is -0.355. The molecular formula is C28H26N2O8. The van der Waals surface area contributed by atoms with Crippen molar-refractivity contribution in [3.8, 4) is 17.2 Å². The quantitative estimate of drug-likeness (QED) is 0.425. The number of hydrogen-bond donors (Lipinski definition) is 1. The van der Waals surface area contributed by atoms with Gasteiger partial charge in [-0.3, -0.25) is 14.4 Å². The molecule has 1 fully saturated rings. The van der Waals surface area contributed by atoms with Crippen LogP contribution in [0.25, 0.3) is 0 Å². The minimum atomic E-state index is -0.690. The third-order valence-corrected chi connectivity index (χ3v) is 5.84. The predicted molar refractivity (Wildman–Crippen MR) is 137 cm³/mol. The third kappa shape index (κ3) is 6.47. The summed E-state index contributed by atoms with van der Waals surface area (Å²) in [5.41, 5.74) is 1.40. The van der Waals surface area contributed by atoms with Crippen molar-refractivity contribution in [1.29, 1.82) is 0 Å². The van der Waals surface area contributed by atoms with E-state index in [4.69, 9.17) is 14.2 Å². The Balaban J connectivity index is 1.26. The van der Waals surface area contributed by atoms with Gasteiger partial charge in [-0.1, -0.05) is 0 Å². The van der Waals surface area contributed by atoms with E-state index in [9.17, 15) is 19.2 Å². The molecule has 38 heavy (non-hydrogen) atoms. The van der Waals surface area contributed by atoms with Crippen LogP contribution < -0.4 is 19.7 Å². The molecule has 0 bridgehead atoms. The highest BCUT2D eigenvalue weighted by atomic mass is 16.5. The van der Waals surface area contributed by atoms with Gasteiger partial charge in [0, 0.05) is 24.3 Å². The zero-order chi connectivity index (χ0) is 27.1. The predicted octanol–water partition coefficient (Wildman–Crippen LogP) is 3.81. The van der Waals surface area contributed by atoms with Crippen molar-refractivity contribution in [1.82, 2.24) is 0 Å². The van der Waals surface area contributed by atoms with Crippen LogP contribution in [0, 0.1) is 5.92 Å². The molecule has 0 unspecified atom stereocenters. The lowest BCUT2D eigenvalue weighted by atomic mass is 10.1. The van der Waals surface area contributed by atoms with E-state index in [1.54, 1.807) is 55.6 Å². The number of hydrogen-bond acceptors (Lipinski definition) is 8. The Morgan fingerprint density at radius 1 is 0.868 bits per heavy atom. The van der Waals surface area contributed by atoms with E-state index in [1.165, 1.54) is 36.3 Å². The van der Waals surface area contributed by atoms with Crippen LogP contribution in [0.15, 0.2) is 72.8 Å². The Kier molecular flexibility index (Phi) is 8.22. The molecule has 10 nitrogen and oxygen atoms in total. The Morgan fingerprint density at radius 3 is 2.08 bits per heavy atom. The molecule has 0 aromatic heterocycles. The Labute approximate surface area is 219 Å². The van der Waals surface area contributed by atoms with Crippen molar-refractivity contribution < 1.29 is 38.1 Å². The van der Waals surface area contributed by atoms with Gasteiger partial charge in [-0.25, -0.2) is 4.79 Å². The standard InChI is InChI=1S/C28H26N2O8/c1-35-22-11-13-24(14-12-22)38-23-9-7-21(8-10-23)30-16-19(15-26(30)32)28(34)37-17-25(31)29-20-5-3-18(4-6-20)27(33)36-2/h3-14,19H,15-17H2,1-2H3,(H,29,31)/t19-/m0/s1. The van der Waals surface area contributed by atoms with E-state index in [0.29, 0.717) is 28.4 Å². The molecule has 196 valence electrons. The largest absolute Gasteiger partial charge is 0.497 e. The number of amides is 2. The summed E-state index contributed by atoms with van der Waals surface area (Å²) in [7, 11) is 2.87. The van der Waals surface area contributed by atoms with Crippen molar-refractivity contribution >= 4 is 35.1 Å². The first-order valence-electron chi connectivity index (χ1n) is 11.7. The summed E-state index contributed by atoms with van der Waals surface area (Å²) < 4.78 is 20.7. The summed E-state index contributed by atoms with van der Waals surface area (Å²) >= 11 is 0. The lowest BCUT2D eigenvalue weighted by Gasteiger charge is -2.17. The van der Waals surface area contributed by atoms with E-state index >= 15 is 0 Å². The van der Waals surface area contributed by atoms with Crippen LogP contribution in [-0.2, 0) is 23.9 Å². The number of carbonyl (C=O) groups is 4. The first-order chi connectivity index (χ1) is 18.4. The summed E-state index contributed by atoms with van der Waals surface area (Å²) in [4.78, 5) is 50.3. The highest BCUT2D eigenvalue weighted by Gasteiger charge is 2.36. The normalized spacial score (nSPS) is 14.5. The summed E-state index contributed by atoms with van der Waals surface area (Å²) in [5, 5.41) is 2.58. The molecule has 1 saturated heterocycles. The number of methoxy groups -OCH3 is 2. The Bertz CT molecular complexity index is 1300. The van der Waals surface area contributed by atoms with Gasteiger partial charge in [-0.15, -0.1) is 0 Å². The molecule has 1 aliphatic heterocycles. The van der Waals surface area contributed by atoms with E-state index in [-0.39, 0.29) is 18.9 Å². The first-order valence-corrected chi connectivity index (χ1v) is 11.7. The molecule has 0 saturated carbocycles. The fourth-order valence-corrected chi connectivity index (χ4v) is 3.85. The van der Waals surface area contributed by atoms with Crippen LogP contribution in [0.1, 0.15) is 16.8 Å². The topological polar surface area (TPSA) is 120 Å². The monoisotopic (exact) mass is 518 g/mol. The average Bonchev–Trinajstić information content (AvgIpc) is 3.34. The highest BCUT2D eigenvalue weighted by Crippen LogP contribution is 2.29. The van der Waals surface area contributed by atoms with Gasteiger partial charge in [0.15, 0.2) is 6.61 Å². The van der Waals surface area contributed by atoms with Gasteiger partial charge >= 0.3 is 11.9 Å². The maximum Gasteiger partial charge on any atom is 0.337 e. The van der Waals surface area contributed by atoms with Crippen LogP contribution >= 0.6 is 0 Å². The molecule has 3 aromatic rings. The molecule has 0 aliphatic carbocycles. The SMILES string of the molecule is COC(=O)c1ccc(NC(=O)COC(=O)[C@H]2CC(=O)N(c3ccc(Oc4ccc(OC)cc4)cc3)C2)cc1. The maximum atomic E-state index is 12.6. The van der Waals surface area contributed by atoms with Gasteiger partial charge in [0.05, 0.1) is 25.7 Å². The minimum Gasteiger partial charge on any atom is -0.497 e. The highest BCUT2D eigenvalue weighted by molar-refractivity contribution is 6.00. The fraction of sp³-hybridized carbons (Fsp3) is 0.214. The van der Waals surface area contributed by atoms with Crippen LogP contribution in [0.3, 0.4) is 0 Å².